The molecule has 3 heterocycles. The Morgan fingerprint density at radius 1 is 1.04 bits per heavy atom. The smallest absolute Gasteiger partial charge is 0.294 e. The number of amides is 1. The van der Waals surface area contributed by atoms with E-state index in [1.165, 1.54) is 23.6 Å². The van der Waals surface area contributed by atoms with Crippen molar-refractivity contribution < 1.29 is 9.32 Å². The zero-order chi connectivity index (χ0) is 17.8. The highest BCUT2D eigenvalue weighted by atomic mass is 32.1. The molecule has 0 saturated heterocycles. The van der Waals surface area contributed by atoms with E-state index in [0.29, 0.717) is 5.69 Å². The maximum Gasteiger partial charge on any atom is 0.294 e. The molecule has 0 aliphatic rings. The summed E-state index contributed by atoms with van der Waals surface area (Å²) in [5.41, 5.74) is 3.37. The molecule has 7 nitrogen and oxygen atoms in total. The van der Waals surface area contributed by atoms with Crippen molar-refractivity contribution in [2.24, 2.45) is 0 Å². The van der Waals surface area contributed by atoms with Crippen LogP contribution in [0.3, 0.4) is 0 Å². The minimum Gasteiger partial charge on any atom is -0.351 e. The third-order valence-corrected chi connectivity index (χ3v) is 4.27. The lowest BCUT2D eigenvalue weighted by molar-refractivity contribution is 0.0988. The standard InChI is InChI=1S/C18H13N5O2S/c24-17(16-7-9-20-25-16)21-13-5-3-12(4-6-13)15-11-26-18(23-15)22-14-2-1-8-19-10-14/h1-11H,(H,21,24)(H,22,23). The van der Waals surface area contributed by atoms with Crippen molar-refractivity contribution in [1.82, 2.24) is 15.1 Å². The molecule has 2 N–H and O–H groups in total. The Morgan fingerprint density at radius 2 is 1.92 bits per heavy atom. The first-order valence-corrected chi connectivity index (χ1v) is 8.61. The van der Waals surface area contributed by atoms with Crippen LogP contribution in [0.1, 0.15) is 10.6 Å². The van der Waals surface area contributed by atoms with Gasteiger partial charge < -0.3 is 15.2 Å². The summed E-state index contributed by atoms with van der Waals surface area (Å²) in [7, 11) is 0. The summed E-state index contributed by atoms with van der Waals surface area (Å²) in [4.78, 5) is 20.6. The van der Waals surface area contributed by atoms with E-state index in [2.05, 4.69) is 25.8 Å². The van der Waals surface area contributed by atoms with E-state index in [4.69, 9.17) is 4.52 Å². The predicted molar refractivity (Wildman–Crippen MR) is 99.5 cm³/mol. The van der Waals surface area contributed by atoms with Crippen LogP contribution in [-0.4, -0.2) is 21.0 Å². The van der Waals surface area contributed by atoms with E-state index in [1.54, 1.807) is 12.4 Å². The predicted octanol–water partition coefficient (Wildman–Crippen LogP) is 4.19. The fraction of sp³-hybridized carbons (Fsp3) is 0. The largest absolute Gasteiger partial charge is 0.351 e. The molecule has 0 fully saturated rings. The van der Waals surface area contributed by atoms with Crippen molar-refractivity contribution in [2.75, 3.05) is 10.6 Å². The molecule has 1 aromatic carbocycles. The minimum absolute atomic E-state index is 0.166. The van der Waals surface area contributed by atoms with Gasteiger partial charge in [-0.1, -0.05) is 17.3 Å². The van der Waals surface area contributed by atoms with Gasteiger partial charge in [0.1, 0.15) is 0 Å². The quantitative estimate of drug-likeness (QED) is 0.552. The van der Waals surface area contributed by atoms with E-state index in [-0.39, 0.29) is 11.7 Å². The molecular formula is C18H13N5O2S. The van der Waals surface area contributed by atoms with Gasteiger partial charge in [0, 0.05) is 28.9 Å². The molecule has 4 aromatic rings. The average Bonchev–Trinajstić information content (AvgIpc) is 3.35. The Bertz CT molecular complexity index is 998. The van der Waals surface area contributed by atoms with Crippen molar-refractivity contribution in [3.63, 3.8) is 0 Å². The monoisotopic (exact) mass is 363 g/mol. The fourth-order valence-corrected chi connectivity index (χ4v) is 3.01. The highest BCUT2D eigenvalue weighted by Gasteiger charge is 2.10. The van der Waals surface area contributed by atoms with Gasteiger partial charge in [-0.25, -0.2) is 4.98 Å². The Balaban J connectivity index is 1.44. The molecule has 0 aliphatic carbocycles. The summed E-state index contributed by atoms with van der Waals surface area (Å²) < 4.78 is 4.83. The van der Waals surface area contributed by atoms with Gasteiger partial charge in [0.05, 0.1) is 23.8 Å². The second-order valence-electron chi connectivity index (χ2n) is 5.31. The van der Waals surface area contributed by atoms with Crippen molar-refractivity contribution >= 4 is 33.8 Å². The zero-order valence-electron chi connectivity index (χ0n) is 13.4. The molecule has 8 heteroatoms. The van der Waals surface area contributed by atoms with Gasteiger partial charge in [-0.05, 0) is 24.3 Å². The molecule has 0 atom stereocenters. The van der Waals surface area contributed by atoms with Gasteiger partial charge >= 0.3 is 0 Å². The van der Waals surface area contributed by atoms with Crippen LogP contribution in [0, 0.1) is 0 Å². The van der Waals surface area contributed by atoms with Crippen LogP contribution in [0.25, 0.3) is 11.3 Å². The molecule has 1 amide bonds. The fourth-order valence-electron chi connectivity index (χ4n) is 2.27. The summed E-state index contributed by atoms with van der Waals surface area (Å²) in [5.74, 6) is -0.174. The molecule has 0 unspecified atom stereocenters. The highest BCUT2D eigenvalue weighted by molar-refractivity contribution is 7.14. The van der Waals surface area contributed by atoms with E-state index in [9.17, 15) is 4.79 Å². The van der Waals surface area contributed by atoms with Gasteiger partial charge in [0.25, 0.3) is 5.91 Å². The number of rotatable bonds is 5. The molecule has 3 aromatic heterocycles. The second kappa shape index (κ2) is 7.16. The number of carbonyl (C=O) groups is 1. The van der Waals surface area contributed by atoms with E-state index < -0.39 is 0 Å². The maximum absolute atomic E-state index is 11.9. The number of anilines is 3. The van der Waals surface area contributed by atoms with E-state index >= 15 is 0 Å². The first kappa shape index (κ1) is 16.0. The molecular weight excluding hydrogens is 350 g/mol. The lowest BCUT2D eigenvalue weighted by Crippen LogP contribution is -2.10. The number of hydrogen-bond acceptors (Lipinski definition) is 7. The van der Waals surface area contributed by atoms with Crippen molar-refractivity contribution in [3.05, 3.63) is 72.2 Å². The van der Waals surface area contributed by atoms with E-state index in [0.717, 1.165) is 22.1 Å². The summed E-state index contributed by atoms with van der Waals surface area (Å²) in [6, 6.07) is 12.7. The molecule has 0 aliphatic heterocycles. The molecule has 4 rings (SSSR count). The number of nitrogens with zero attached hydrogens (tertiary/aromatic N) is 3. The molecule has 0 spiro atoms. The molecule has 128 valence electrons. The summed E-state index contributed by atoms with van der Waals surface area (Å²) in [5, 5.41) is 12.2. The third kappa shape index (κ3) is 3.60. The number of benzene rings is 1. The van der Waals surface area contributed by atoms with Crippen molar-refractivity contribution in [2.45, 2.75) is 0 Å². The summed E-state index contributed by atoms with van der Waals surface area (Å²) in [6.07, 6.45) is 4.89. The minimum atomic E-state index is -0.341. The molecule has 26 heavy (non-hydrogen) atoms. The average molecular weight is 363 g/mol. The lowest BCUT2D eigenvalue weighted by Gasteiger charge is -2.04. The van der Waals surface area contributed by atoms with E-state index in [1.807, 2.05) is 41.8 Å². The first-order valence-electron chi connectivity index (χ1n) is 7.73. The van der Waals surface area contributed by atoms with Gasteiger partial charge in [-0.15, -0.1) is 11.3 Å². The Kier molecular flexibility index (Phi) is 4.40. The SMILES string of the molecule is O=C(Nc1ccc(-c2csc(Nc3cccnc3)n2)cc1)c1ccno1. The number of nitrogens with one attached hydrogen (secondary N) is 2. The van der Waals surface area contributed by atoms with Crippen molar-refractivity contribution in [3.8, 4) is 11.3 Å². The number of pyridine rings is 1. The maximum atomic E-state index is 11.9. The Labute approximate surface area is 152 Å². The van der Waals surface area contributed by atoms with Crippen LogP contribution in [0.5, 0.6) is 0 Å². The van der Waals surface area contributed by atoms with Gasteiger partial charge in [-0.2, -0.15) is 0 Å². The number of carbonyl (C=O) groups excluding carboxylic acids is 1. The normalized spacial score (nSPS) is 10.5. The molecule has 0 radical (unpaired) electrons. The summed E-state index contributed by atoms with van der Waals surface area (Å²) in [6.45, 7) is 0. The zero-order valence-corrected chi connectivity index (χ0v) is 14.2. The van der Waals surface area contributed by atoms with Crippen LogP contribution in [0.2, 0.25) is 0 Å². The number of hydrogen-bond donors (Lipinski definition) is 2. The van der Waals surface area contributed by atoms with Crippen molar-refractivity contribution in [1.29, 1.82) is 0 Å². The summed E-state index contributed by atoms with van der Waals surface area (Å²) >= 11 is 1.51. The first-order chi connectivity index (χ1) is 12.8. The topological polar surface area (TPSA) is 92.9 Å². The van der Waals surface area contributed by atoms with Gasteiger partial charge in [0.15, 0.2) is 5.13 Å². The Morgan fingerprint density at radius 3 is 2.65 bits per heavy atom. The third-order valence-electron chi connectivity index (χ3n) is 3.52. The molecule has 0 bridgehead atoms. The Hall–Kier alpha value is -3.52. The van der Waals surface area contributed by atoms with Crippen LogP contribution in [-0.2, 0) is 0 Å². The second-order valence-corrected chi connectivity index (χ2v) is 6.17. The van der Waals surface area contributed by atoms with Crippen LogP contribution in [0.4, 0.5) is 16.5 Å². The molecule has 0 saturated carbocycles. The van der Waals surface area contributed by atoms with Gasteiger partial charge in [0.2, 0.25) is 5.76 Å². The van der Waals surface area contributed by atoms with Crippen LogP contribution < -0.4 is 10.6 Å². The van der Waals surface area contributed by atoms with Crippen LogP contribution in [0.15, 0.2) is 71.0 Å². The highest BCUT2D eigenvalue weighted by Crippen LogP contribution is 2.27. The number of thiazole rings is 1. The lowest BCUT2D eigenvalue weighted by atomic mass is 10.1. The van der Waals surface area contributed by atoms with Gasteiger partial charge in [-0.3, -0.25) is 9.78 Å². The van der Waals surface area contributed by atoms with Crippen LogP contribution >= 0.6 is 11.3 Å². The number of aromatic nitrogens is 3.